The maximum atomic E-state index is 13.0. The van der Waals surface area contributed by atoms with Crippen LogP contribution in [0.3, 0.4) is 0 Å². The molecule has 2 aromatic rings. The van der Waals surface area contributed by atoms with E-state index in [2.05, 4.69) is 71.7 Å². The number of aromatic nitrogens is 2. The first-order valence-corrected chi connectivity index (χ1v) is 18.7. The van der Waals surface area contributed by atoms with Gasteiger partial charge in [-0.25, -0.2) is 4.79 Å². The van der Waals surface area contributed by atoms with Crippen LogP contribution in [0, 0.1) is 5.92 Å². The molecule has 1 fully saturated rings. The molecule has 1 aromatic heterocycles. The van der Waals surface area contributed by atoms with Crippen LogP contribution in [0.5, 0.6) is 0 Å². The van der Waals surface area contributed by atoms with Gasteiger partial charge in [0.15, 0.2) is 8.32 Å². The molecule has 0 unspecified atom stereocenters. The van der Waals surface area contributed by atoms with Gasteiger partial charge in [-0.3, -0.25) is 9.13 Å². The standard InChI is InChI=1S/C25H44N2O3Si2/c1-25(2,3)32(8,9)30-17-19-15-20(16-19)21-11-10-12-22-23(21)26(4)24(28)27(22)18-29-13-14-31(5,6)7/h10-12,19-20H,13-18H2,1-9H3. The van der Waals surface area contributed by atoms with E-state index in [1.807, 2.05) is 11.6 Å². The third-order valence-electron chi connectivity index (χ3n) is 7.57. The second-order valence-corrected chi connectivity index (χ2v) is 22.9. The summed E-state index contributed by atoms with van der Waals surface area (Å²) in [4.78, 5) is 13.0. The Kier molecular flexibility index (Phi) is 7.35. The Bertz CT molecular complexity index is 989. The lowest BCUT2D eigenvalue weighted by Gasteiger charge is -2.41. The third-order valence-corrected chi connectivity index (χ3v) is 13.8. The molecule has 0 saturated heterocycles. The highest BCUT2D eigenvalue weighted by molar-refractivity contribution is 6.76. The molecule has 5 nitrogen and oxygen atoms in total. The molecule has 0 N–H and O–H groups in total. The molecule has 0 radical (unpaired) electrons. The fourth-order valence-corrected chi connectivity index (χ4v) is 6.01. The van der Waals surface area contributed by atoms with Gasteiger partial charge in [0.05, 0.1) is 11.0 Å². The number of nitrogens with zero attached hydrogens (tertiary/aromatic N) is 2. The monoisotopic (exact) mass is 476 g/mol. The normalized spacial score (nSPS) is 20.0. The Morgan fingerprint density at radius 2 is 1.75 bits per heavy atom. The van der Waals surface area contributed by atoms with Crippen molar-refractivity contribution < 1.29 is 9.16 Å². The van der Waals surface area contributed by atoms with Crippen molar-refractivity contribution in [2.75, 3.05) is 13.2 Å². The van der Waals surface area contributed by atoms with Crippen molar-refractivity contribution in [1.29, 1.82) is 0 Å². The van der Waals surface area contributed by atoms with Crippen molar-refractivity contribution in [1.82, 2.24) is 9.13 Å². The summed E-state index contributed by atoms with van der Waals surface area (Å²) < 4.78 is 16.0. The second kappa shape index (κ2) is 9.24. The van der Waals surface area contributed by atoms with Crippen molar-refractivity contribution in [2.24, 2.45) is 13.0 Å². The lowest BCUT2D eigenvalue weighted by atomic mass is 9.71. The molecule has 1 aliphatic rings. The molecule has 1 heterocycles. The van der Waals surface area contributed by atoms with E-state index in [0.29, 0.717) is 18.6 Å². The fourth-order valence-electron chi connectivity index (χ4n) is 4.17. The molecule has 32 heavy (non-hydrogen) atoms. The third kappa shape index (κ3) is 5.49. The first-order valence-electron chi connectivity index (χ1n) is 12.1. The number of hydrogen-bond donors (Lipinski definition) is 0. The number of hydrogen-bond acceptors (Lipinski definition) is 3. The summed E-state index contributed by atoms with van der Waals surface area (Å²) in [6, 6.07) is 7.46. The number of para-hydroxylation sites is 1. The summed E-state index contributed by atoms with van der Waals surface area (Å²) >= 11 is 0. The first kappa shape index (κ1) is 25.5. The molecule has 0 atom stereocenters. The lowest BCUT2D eigenvalue weighted by Crippen LogP contribution is -2.43. The van der Waals surface area contributed by atoms with Gasteiger partial charge in [0.25, 0.3) is 0 Å². The number of aryl methyl sites for hydroxylation is 1. The van der Waals surface area contributed by atoms with Gasteiger partial charge in [0, 0.05) is 28.3 Å². The van der Waals surface area contributed by atoms with Gasteiger partial charge in [0.2, 0.25) is 0 Å². The molecule has 1 aliphatic carbocycles. The summed E-state index contributed by atoms with van der Waals surface area (Å²) in [5, 5.41) is 0.250. The Morgan fingerprint density at radius 1 is 1.09 bits per heavy atom. The Morgan fingerprint density at radius 3 is 2.34 bits per heavy atom. The maximum absolute atomic E-state index is 13.0. The molecule has 1 saturated carbocycles. The first-order chi connectivity index (χ1) is 14.7. The van der Waals surface area contributed by atoms with Gasteiger partial charge >= 0.3 is 5.69 Å². The largest absolute Gasteiger partial charge is 0.417 e. The summed E-state index contributed by atoms with van der Waals surface area (Å²) in [6.07, 6.45) is 2.28. The second-order valence-electron chi connectivity index (χ2n) is 12.4. The molecular formula is C25H44N2O3Si2. The van der Waals surface area contributed by atoms with Crippen LogP contribution in [0.25, 0.3) is 11.0 Å². The summed E-state index contributed by atoms with van der Waals surface area (Å²) in [6.45, 7) is 20.5. The average molecular weight is 477 g/mol. The minimum absolute atomic E-state index is 0.0117. The van der Waals surface area contributed by atoms with Crippen molar-refractivity contribution >= 4 is 27.4 Å². The van der Waals surface area contributed by atoms with Gasteiger partial charge in [-0.15, -0.1) is 0 Å². The van der Waals surface area contributed by atoms with E-state index in [1.165, 1.54) is 5.56 Å². The smallest absolute Gasteiger partial charge is 0.330 e. The number of benzene rings is 1. The van der Waals surface area contributed by atoms with E-state index in [-0.39, 0.29) is 10.7 Å². The van der Waals surface area contributed by atoms with Crippen molar-refractivity contribution in [3.63, 3.8) is 0 Å². The minimum atomic E-state index is -1.70. The Balaban J connectivity index is 1.69. The molecule has 0 spiro atoms. The van der Waals surface area contributed by atoms with Crippen LogP contribution in [0.4, 0.5) is 0 Å². The van der Waals surface area contributed by atoms with Crippen molar-refractivity contribution in [3.05, 3.63) is 34.2 Å². The van der Waals surface area contributed by atoms with Gasteiger partial charge in [-0.2, -0.15) is 0 Å². The number of ether oxygens (including phenoxy) is 1. The number of imidazole rings is 1. The molecule has 180 valence electrons. The van der Waals surface area contributed by atoms with E-state index in [4.69, 9.17) is 9.16 Å². The van der Waals surface area contributed by atoms with Crippen molar-refractivity contribution in [3.8, 4) is 0 Å². The van der Waals surface area contributed by atoms with Crippen LogP contribution in [0.1, 0.15) is 45.1 Å². The molecule has 7 heteroatoms. The van der Waals surface area contributed by atoms with Crippen LogP contribution in [0.15, 0.2) is 23.0 Å². The van der Waals surface area contributed by atoms with E-state index in [0.717, 1.165) is 43.1 Å². The van der Waals surface area contributed by atoms with Crippen LogP contribution in [-0.4, -0.2) is 38.7 Å². The van der Waals surface area contributed by atoms with E-state index < -0.39 is 16.4 Å². The molecule has 0 amide bonds. The number of fused-ring (bicyclic) bond motifs is 1. The van der Waals surface area contributed by atoms with E-state index >= 15 is 0 Å². The molecular weight excluding hydrogens is 432 g/mol. The topological polar surface area (TPSA) is 45.4 Å². The fraction of sp³-hybridized carbons (Fsp3) is 0.720. The summed E-state index contributed by atoms with van der Waals surface area (Å²) in [5.41, 5.74) is 3.37. The van der Waals surface area contributed by atoms with Crippen molar-refractivity contribution in [2.45, 2.75) is 90.1 Å². The predicted molar refractivity (Wildman–Crippen MR) is 140 cm³/mol. The minimum Gasteiger partial charge on any atom is -0.417 e. The predicted octanol–water partition coefficient (Wildman–Crippen LogP) is 6.17. The maximum Gasteiger partial charge on any atom is 0.330 e. The number of rotatable bonds is 9. The zero-order valence-corrected chi connectivity index (χ0v) is 23.7. The highest BCUT2D eigenvalue weighted by Crippen LogP contribution is 2.45. The van der Waals surface area contributed by atoms with Gasteiger partial charge in [-0.05, 0) is 60.5 Å². The van der Waals surface area contributed by atoms with Crippen LogP contribution < -0.4 is 5.69 Å². The molecule has 3 rings (SSSR count). The van der Waals surface area contributed by atoms with Crippen LogP contribution in [-0.2, 0) is 22.9 Å². The van der Waals surface area contributed by atoms with E-state index in [9.17, 15) is 4.79 Å². The zero-order valence-electron chi connectivity index (χ0n) is 21.7. The summed E-state index contributed by atoms with van der Waals surface area (Å²) in [7, 11) is -0.944. The average Bonchev–Trinajstić information content (AvgIpc) is 2.87. The highest BCUT2D eigenvalue weighted by atomic mass is 28.4. The molecule has 0 bridgehead atoms. The SMILES string of the molecule is Cn1c(=O)n(COCC[Si](C)(C)C)c2cccc(C3CC(CO[Si](C)(C)C(C)(C)C)C3)c21. The summed E-state index contributed by atoms with van der Waals surface area (Å²) in [5.74, 6) is 1.12. The zero-order chi connectivity index (χ0) is 23.9. The van der Waals surface area contributed by atoms with Gasteiger partial charge in [0.1, 0.15) is 6.73 Å². The van der Waals surface area contributed by atoms with E-state index in [1.54, 1.807) is 4.57 Å². The van der Waals surface area contributed by atoms with Gasteiger partial charge in [-0.1, -0.05) is 52.5 Å². The lowest BCUT2D eigenvalue weighted by molar-refractivity contribution is 0.0873. The molecule has 0 aliphatic heterocycles. The quantitative estimate of drug-likeness (QED) is 0.321. The highest BCUT2D eigenvalue weighted by Gasteiger charge is 2.39. The van der Waals surface area contributed by atoms with Gasteiger partial charge < -0.3 is 9.16 Å². The Labute approximate surface area is 196 Å². The van der Waals surface area contributed by atoms with Crippen LogP contribution in [0.2, 0.25) is 43.8 Å². The molecule has 1 aromatic carbocycles. The van der Waals surface area contributed by atoms with Crippen LogP contribution >= 0.6 is 0 Å². The Hall–Kier alpha value is -1.16.